The summed E-state index contributed by atoms with van der Waals surface area (Å²) in [5, 5.41) is 2.37. The molecule has 0 spiro atoms. The molecule has 0 radical (unpaired) electrons. The van der Waals surface area contributed by atoms with Crippen molar-refractivity contribution in [2.45, 2.75) is 6.61 Å². The van der Waals surface area contributed by atoms with Crippen molar-refractivity contribution in [3.8, 4) is 0 Å². The van der Waals surface area contributed by atoms with E-state index in [0.717, 1.165) is 5.56 Å². The minimum absolute atomic E-state index is 0.122. The van der Waals surface area contributed by atoms with Crippen LogP contribution >= 0.6 is 0 Å². The Bertz CT molecular complexity index is 952. The molecule has 1 aromatic heterocycles. The lowest BCUT2D eigenvalue weighted by Gasteiger charge is -2.08. The van der Waals surface area contributed by atoms with Crippen LogP contribution in [0, 0.1) is 0 Å². The summed E-state index contributed by atoms with van der Waals surface area (Å²) in [5.74, 6) is -0.595. The number of carbonyl (C=O) groups excluding carboxylic acids is 3. The standard InChI is InChI=1S/C21H19N3O4/c25-19(13-22-21(27)28-15-16-7-3-1-4-8-16)23-24-12-11-18(14-24)20(26)17-9-5-2-6-10-17/h1-12,14H,13,15H2,(H,22,27)(H,23,25). The van der Waals surface area contributed by atoms with Crippen LogP contribution in [0.3, 0.4) is 0 Å². The van der Waals surface area contributed by atoms with E-state index < -0.39 is 12.0 Å². The van der Waals surface area contributed by atoms with Gasteiger partial charge in [-0.1, -0.05) is 60.7 Å². The lowest BCUT2D eigenvalue weighted by atomic mass is 10.1. The Morgan fingerprint density at radius 3 is 2.25 bits per heavy atom. The molecule has 7 heteroatoms. The Labute approximate surface area is 161 Å². The minimum Gasteiger partial charge on any atom is -0.445 e. The maximum Gasteiger partial charge on any atom is 0.407 e. The third-order valence-electron chi connectivity index (χ3n) is 3.85. The summed E-state index contributed by atoms with van der Waals surface area (Å²) in [6.45, 7) is -0.134. The summed E-state index contributed by atoms with van der Waals surface area (Å²) < 4.78 is 6.40. The van der Waals surface area contributed by atoms with Crippen LogP contribution in [0.2, 0.25) is 0 Å². The molecule has 2 amide bonds. The van der Waals surface area contributed by atoms with Crippen molar-refractivity contribution in [2.75, 3.05) is 12.0 Å². The monoisotopic (exact) mass is 377 g/mol. The number of alkyl carbamates (subject to hydrolysis) is 1. The fourth-order valence-electron chi connectivity index (χ4n) is 2.47. The van der Waals surface area contributed by atoms with Gasteiger partial charge in [-0.05, 0) is 11.6 Å². The molecule has 0 fully saturated rings. The number of nitrogens with one attached hydrogen (secondary N) is 2. The molecule has 2 N–H and O–H groups in total. The van der Waals surface area contributed by atoms with Gasteiger partial charge in [-0.2, -0.15) is 0 Å². The Balaban J connectivity index is 1.44. The van der Waals surface area contributed by atoms with Crippen LogP contribution in [0.5, 0.6) is 0 Å². The number of ether oxygens (including phenoxy) is 1. The molecule has 28 heavy (non-hydrogen) atoms. The predicted octanol–water partition coefficient (Wildman–Crippen LogP) is 2.72. The summed E-state index contributed by atoms with van der Waals surface area (Å²) >= 11 is 0. The fraction of sp³-hybridized carbons (Fsp3) is 0.0952. The molecule has 0 bridgehead atoms. The highest BCUT2D eigenvalue weighted by molar-refractivity contribution is 6.08. The summed E-state index contributed by atoms with van der Waals surface area (Å²) in [5.41, 5.74) is 4.42. The van der Waals surface area contributed by atoms with E-state index in [0.29, 0.717) is 11.1 Å². The van der Waals surface area contributed by atoms with Gasteiger partial charge in [0.15, 0.2) is 5.78 Å². The van der Waals surface area contributed by atoms with Crippen molar-refractivity contribution in [1.29, 1.82) is 0 Å². The van der Waals surface area contributed by atoms with Gasteiger partial charge in [-0.15, -0.1) is 0 Å². The second-order valence-corrected chi connectivity index (χ2v) is 5.95. The van der Waals surface area contributed by atoms with Crippen LogP contribution in [0.4, 0.5) is 4.79 Å². The molecule has 0 unspecified atom stereocenters. The van der Waals surface area contributed by atoms with E-state index in [1.807, 2.05) is 36.4 Å². The molecule has 0 aliphatic heterocycles. The van der Waals surface area contributed by atoms with E-state index in [4.69, 9.17) is 4.74 Å². The zero-order valence-corrected chi connectivity index (χ0v) is 15.0. The largest absolute Gasteiger partial charge is 0.445 e. The van der Waals surface area contributed by atoms with E-state index in [-0.39, 0.29) is 18.9 Å². The fourth-order valence-corrected chi connectivity index (χ4v) is 2.47. The van der Waals surface area contributed by atoms with Gasteiger partial charge < -0.3 is 10.1 Å². The smallest absolute Gasteiger partial charge is 0.407 e. The highest BCUT2D eigenvalue weighted by Gasteiger charge is 2.11. The number of benzene rings is 2. The van der Waals surface area contributed by atoms with E-state index in [1.165, 1.54) is 10.9 Å². The lowest BCUT2D eigenvalue weighted by molar-refractivity contribution is -0.116. The first-order valence-corrected chi connectivity index (χ1v) is 8.64. The van der Waals surface area contributed by atoms with Gasteiger partial charge in [0, 0.05) is 23.5 Å². The van der Waals surface area contributed by atoms with Crippen molar-refractivity contribution in [3.05, 3.63) is 95.8 Å². The van der Waals surface area contributed by atoms with Crippen LogP contribution in [0.25, 0.3) is 0 Å². The number of hydrogen-bond donors (Lipinski definition) is 2. The SMILES string of the molecule is O=C(CNC(=O)OCc1ccccc1)Nn1ccc(C(=O)c2ccccc2)c1. The number of amides is 2. The van der Waals surface area contributed by atoms with Crippen molar-refractivity contribution in [2.24, 2.45) is 0 Å². The summed E-state index contributed by atoms with van der Waals surface area (Å²) in [4.78, 5) is 36.0. The number of carbonyl (C=O) groups is 3. The van der Waals surface area contributed by atoms with Gasteiger partial charge in [-0.3, -0.25) is 19.7 Å². The third-order valence-corrected chi connectivity index (χ3v) is 3.85. The molecule has 142 valence electrons. The molecule has 2 aromatic carbocycles. The van der Waals surface area contributed by atoms with E-state index in [2.05, 4.69) is 10.7 Å². The number of rotatable bonds is 7. The lowest BCUT2D eigenvalue weighted by Crippen LogP contribution is -2.35. The van der Waals surface area contributed by atoms with Crippen molar-refractivity contribution < 1.29 is 19.1 Å². The Morgan fingerprint density at radius 2 is 1.54 bits per heavy atom. The molecule has 3 aromatic rings. The summed E-state index contributed by atoms with van der Waals surface area (Å²) in [7, 11) is 0. The number of nitrogens with zero attached hydrogens (tertiary/aromatic N) is 1. The first-order valence-electron chi connectivity index (χ1n) is 8.64. The van der Waals surface area contributed by atoms with Crippen LogP contribution in [0.15, 0.2) is 79.1 Å². The zero-order valence-electron chi connectivity index (χ0n) is 15.0. The molecule has 7 nitrogen and oxygen atoms in total. The molecule has 0 saturated heterocycles. The van der Waals surface area contributed by atoms with E-state index >= 15 is 0 Å². The van der Waals surface area contributed by atoms with E-state index in [9.17, 15) is 14.4 Å². The van der Waals surface area contributed by atoms with Gasteiger partial charge in [0.1, 0.15) is 13.2 Å². The average Bonchev–Trinajstić information content (AvgIpc) is 3.20. The van der Waals surface area contributed by atoms with Crippen LogP contribution in [-0.4, -0.2) is 29.0 Å². The Hall–Kier alpha value is -3.87. The molecule has 0 atom stereocenters. The van der Waals surface area contributed by atoms with Crippen molar-refractivity contribution in [3.63, 3.8) is 0 Å². The summed E-state index contributed by atoms with van der Waals surface area (Å²) in [6, 6.07) is 19.7. The van der Waals surface area contributed by atoms with Gasteiger partial charge in [0.2, 0.25) is 0 Å². The topological polar surface area (TPSA) is 89.4 Å². The highest BCUT2D eigenvalue weighted by Crippen LogP contribution is 2.09. The normalized spacial score (nSPS) is 10.1. The molecule has 1 heterocycles. The number of hydrogen-bond acceptors (Lipinski definition) is 4. The molecule has 0 aliphatic carbocycles. The Morgan fingerprint density at radius 1 is 0.857 bits per heavy atom. The second-order valence-electron chi connectivity index (χ2n) is 5.95. The quantitative estimate of drug-likeness (QED) is 0.620. The molecule has 0 saturated carbocycles. The maximum atomic E-state index is 12.3. The van der Waals surface area contributed by atoms with Crippen LogP contribution in [0.1, 0.15) is 21.5 Å². The minimum atomic E-state index is -0.688. The number of ketones is 1. The second kappa shape index (κ2) is 9.18. The molecular weight excluding hydrogens is 358 g/mol. The summed E-state index contributed by atoms with van der Waals surface area (Å²) in [6.07, 6.45) is 2.38. The van der Waals surface area contributed by atoms with Crippen LogP contribution < -0.4 is 10.7 Å². The first-order chi connectivity index (χ1) is 13.6. The molecule has 3 rings (SSSR count). The average molecular weight is 377 g/mol. The Kier molecular flexibility index (Phi) is 6.20. The van der Waals surface area contributed by atoms with E-state index in [1.54, 1.807) is 36.5 Å². The third kappa shape index (κ3) is 5.31. The maximum absolute atomic E-state index is 12.3. The van der Waals surface area contributed by atoms with Crippen molar-refractivity contribution in [1.82, 2.24) is 9.99 Å². The number of aromatic nitrogens is 1. The van der Waals surface area contributed by atoms with Crippen LogP contribution in [-0.2, 0) is 16.1 Å². The van der Waals surface area contributed by atoms with Gasteiger partial charge in [0.05, 0.1) is 0 Å². The molecular formula is C21H19N3O4. The van der Waals surface area contributed by atoms with Crippen molar-refractivity contribution >= 4 is 17.8 Å². The predicted molar refractivity (Wildman–Crippen MR) is 103 cm³/mol. The zero-order chi connectivity index (χ0) is 19.8. The first kappa shape index (κ1) is 18.9. The highest BCUT2D eigenvalue weighted by atomic mass is 16.5. The van der Waals surface area contributed by atoms with Gasteiger partial charge in [0.25, 0.3) is 5.91 Å². The molecule has 0 aliphatic rings. The van der Waals surface area contributed by atoms with Gasteiger partial charge >= 0.3 is 6.09 Å². The van der Waals surface area contributed by atoms with Gasteiger partial charge in [-0.25, -0.2) is 4.79 Å².